The lowest BCUT2D eigenvalue weighted by molar-refractivity contribution is -0.141. The van der Waals surface area contributed by atoms with Gasteiger partial charge < -0.3 is 19.7 Å². The van der Waals surface area contributed by atoms with E-state index in [0.29, 0.717) is 17.1 Å². The molecule has 0 radical (unpaired) electrons. The number of rotatable bonds is 3. The van der Waals surface area contributed by atoms with Gasteiger partial charge in [0.15, 0.2) is 11.5 Å². The van der Waals surface area contributed by atoms with Crippen LogP contribution in [0.25, 0.3) is 0 Å². The van der Waals surface area contributed by atoms with Crippen molar-refractivity contribution in [1.82, 2.24) is 0 Å². The second-order valence-electron chi connectivity index (χ2n) is 3.86. The third-order valence-electron chi connectivity index (χ3n) is 2.62. The number of aliphatic carboxylic acids is 1. The number of hydrogen-bond acceptors (Lipinski definition) is 4. The van der Waals surface area contributed by atoms with E-state index in [-0.39, 0.29) is 24.0 Å². The predicted molar refractivity (Wildman–Crippen MR) is 59.7 cm³/mol. The van der Waals surface area contributed by atoms with Crippen molar-refractivity contribution in [3.05, 3.63) is 16.7 Å². The number of carbonyl (C=O) groups is 1. The third-order valence-corrected chi connectivity index (χ3v) is 2.91. The first-order valence-electron chi connectivity index (χ1n) is 5.03. The minimum Gasteiger partial charge on any atom is -0.506 e. The van der Waals surface area contributed by atoms with E-state index in [0.717, 1.165) is 0 Å². The molecular formula is C11H11ClO5. The van der Waals surface area contributed by atoms with E-state index in [2.05, 4.69) is 0 Å². The van der Waals surface area contributed by atoms with Crippen molar-refractivity contribution < 1.29 is 24.5 Å². The SMILES string of the molecule is CC(Cc1c(O)c(Cl)cc2c1OCO2)C(=O)O. The highest BCUT2D eigenvalue weighted by Gasteiger charge is 2.26. The van der Waals surface area contributed by atoms with Gasteiger partial charge in [-0.15, -0.1) is 0 Å². The summed E-state index contributed by atoms with van der Waals surface area (Å²) in [5.41, 5.74) is 0.375. The van der Waals surface area contributed by atoms with Gasteiger partial charge in [-0.2, -0.15) is 0 Å². The zero-order valence-corrected chi connectivity index (χ0v) is 9.82. The minimum absolute atomic E-state index is 0.0452. The zero-order valence-electron chi connectivity index (χ0n) is 9.07. The average Bonchev–Trinajstić information content (AvgIpc) is 2.71. The second kappa shape index (κ2) is 4.33. The first-order chi connectivity index (χ1) is 8.00. The Hall–Kier alpha value is -1.62. The molecule has 1 aliphatic rings. The Labute approximate surface area is 103 Å². The monoisotopic (exact) mass is 258 g/mol. The summed E-state index contributed by atoms with van der Waals surface area (Å²) >= 11 is 5.83. The van der Waals surface area contributed by atoms with Crippen LogP contribution in [0.15, 0.2) is 6.07 Å². The first kappa shape index (κ1) is 11.9. The summed E-state index contributed by atoms with van der Waals surface area (Å²) in [6.07, 6.45) is 0.132. The molecule has 0 aliphatic carbocycles. The van der Waals surface area contributed by atoms with Crippen molar-refractivity contribution in [1.29, 1.82) is 0 Å². The van der Waals surface area contributed by atoms with Gasteiger partial charge in [-0.05, 0) is 6.42 Å². The van der Waals surface area contributed by atoms with Gasteiger partial charge in [0.1, 0.15) is 5.75 Å². The fourth-order valence-electron chi connectivity index (χ4n) is 1.65. The summed E-state index contributed by atoms with van der Waals surface area (Å²) < 4.78 is 10.4. The number of aromatic hydroxyl groups is 1. The number of phenols is 1. The van der Waals surface area contributed by atoms with Crippen LogP contribution in [-0.4, -0.2) is 23.0 Å². The van der Waals surface area contributed by atoms with Crippen LogP contribution in [0, 0.1) is 5.92 Å². The van der Waals surface area contributed by atoms with E-state index >= 15 is 0 Å². The molecule has 6 heteroatoms. The van der Waals surface area contributed by atoms with Crippen LogP contribution in [0.5, 0.6) is 17.2 Å². The van der Waals surface area contributed by atoms with Gasteiger partial charge in [0.05, 0.1) is 10.9 Å². The molecular weight excluding hydrogens is 248 g/mol. The fourth-order valence-corrected chi connectivity index (χ4v) is 1.86. The van der Waals surface area contributed by atoms with E-state index in [1.807, 2.05) is 0 Å². The maximum Gasteiger partial charge on any atom is 0.306 e. The molecule has 0 bridgehead atoms. The van der Waals surface area contributed by atoms with Crippen LogP contribution >= 0.6 is 11.6 Å². The van der Waals surface area contributed by atoms with Crippen LogP contribution in [0.4, 0.5) is 0 Å². The molecule has 1 atom stereocenters. The number of halogens is 1. The fraction of sp³-hybridized carbons (Fsp3) is 0.364. The number of fused-ring (bicyclic) bond motifs is 1. The zero-order chi connectivity index (χ0) is 12.6. The van der Waals surface area contributed by atoms with E-state index in [9.17, 15) is 9.90 Å². The summed E-state index contributed by atoms with van der Waals surface area (Å²) in [6, 6.07) is 1.45. The summed E-state index contributed by atoms with van der Waals surface area (Å²) in [5.74, 6) is -0.936. The Balaban J connectivity index is 2.42. The van der Waals surface area contributed by atoms with E-state index in [4.69, 9.17) is 26.2 Å². The van der Waals surface area contributed by atoms with E-state index in [1.165, 1.54) is 6.07 Å². The first-order valence-corrected chi connectivity index (χ1v) is 5.41. The molecule has 5 nitrogen and oxygen atoms in total. The van der Waals surface area contributed by atoms with Crippen LogP contribution in [0.2, 0.25) is 5.02 Å². The van der Waals surface area contributed by atoms with Gasteiger partial charge in [0, 0.05) is 11.6 Å². The summed E-state index contributed by atoms with van der Waals surface area (Å²) in [4.78, 5) is 10.8. The molecule has 1 aromatic carbocycles. The summed E-state index contributed by atoms with van der Waals surface area (Å²) in [7, 11) is 0. The predicted octanol–water partition coefficient (Wildman–Crippen LogP) is 2.04. The molecule has 0 saturated carbocycles. The van der Waals surface area contributed by atoms with Crippen LogP contribution in [0.1, 0.15) is 12.5 Å². The Kier molecular flexibility index (Phi) is 3.02. The number of carboxylic acids is 1. The maximum atomic E-state index is 10.8. The lowest BCUT2D eigenvalue weighted by atomic mass is 9.99. The summed E-state index contributed by atoms with van der Waals surface area (Å²) in [6.45, 7) is 1.59. The smallest absolute Gasteiger partial charge is 0.306 e. The number of phenolic OH excluding ortho intramolecular Hbond substituents is 1. The normalized spacial score (nSPS) is 14.7. The highest BCUT2D eigenvalue weighted by Crippen LogP contribution is 2.45. The van der Waals surface area contributed by atoms with Crippen molar-refractivity contribution in [2.24, 2.45) is 5.92 Å². The molecule has 0 aromatic heterocycles. The van der Waals surface area contributed by atoms with Crippen LogP contribution in [0.3, 0.4) is 0 Å². The second-order valence-corrected chi connectivity index (χ2v) is 4.27. The quantitative estimate of drug-likeness (QED) is 0.868. The Bertz CT molecular complexity index is 471. The average molecular weight is 259 g/mol. The highest BCUT2D eigenvalue weighted by atomic mass is 35.5. The van der Waals surface area contributed by atoms with Gasteiger partial charge >= 0.3 is 5.97 Å². The third kappa shape index (κ3) is 2.10. The molecule has 1 aliphatic heterocycles. The molecule has 0 amide bonds. The van der Waals surface area contributed by atoms with E-state index < -0.39 is 11.9 Å². The van der Waals surface area contributed by atoms with Gasteiger partial charge in [0.25, 0.3) is 0 Å². The lowest BCUT2D eigenvalue weighted by Crippen LogP contribution is -2.12. The Morgan fingerprint density at radius 1 is 1.59 bits per heavy atom. The lowest BCUT2D eigenvalue weighted by Gasteiger charge is -2.12. The molecule has 0 fully saturated rings. The number of benzene rings is 1. The van der Waals surface area contributed by atoms with Crippen molar-refractivity contribution in [3.8, 4) is 17.2 Å². The molecule has 0 saturated heterocycles. The molecule has 1 unspecified atom stereocenters. The number of carboxylic acid groups (broad SMARTS) is 1. The molecule has 92 valence electrons. The number of hydrogen-bond donors (Lipinski definition) is 2. The molecule has 2 N–H and O–H groups in total. The van der Waals surface area contributed by atoms with Crippen LogP contribution in [-0.2, 0) is 11.2 Å². The minimum atomic E-state index is -0.947. The standard InChI is InChI=1S/C11H11ClO5/c1-5(11(14)15)2-6-9(13)7(12)3-8-10(6)17-4-16-8/h3,5,13H,2,4H2,1H3,(H,14,15). The largest absolute Gasteiger partial charge is 0.506 e. The topological polar surface area (TPSA) is 76.0 Å². The van der Waals surface area contributed by atoms with E-state index in [1.54, 1.807) is 6.92 Å². The van der Waals surface area contributed by atoms with Crippen molar-refractivity contribution in [2.45, 2.75) is 13.3 Å². The van der Waals surface area contributed by atoms with Gasteiger partial charge in [-0.1, -0.05) is 18.5 Å². The van der Waals surface area contributed by atoms with Gasteiger partial charge in [-0.3, -0.25) is 4.79 Å². The van der Waals surface area contributed by atoms with Crippen molar-refractivity contribution >= 4 is 17.6 Å². The number of ether oxygens (including phenoxy) is 2. The Morgan fingerprint density at radius 2 is 2.29 bits per heavy atom. The summed E-state index contributed by atoms with van der Waals surface area (Å²) in [5, 5.41) is 18.8. The van der Waals surface area contributed by atoms with Crippen molar-refractivity contribution in [2.75, 3.05) is 6.79 Å². The van der Waals surface area contributed by atoms with Crippen molar-refractivity contribution in [3.63, 3.8) is 0 Å². The highest BCUT2D eigenvalue weighted by molar-refractivity contribution is 6.32. The van der Waals surface area contributed by atoms with Gasteiger partial charge in [-0.25, -0.2) is 0 Å². The molecule has 2 rings (SSSR count). The van der Waals surface area contributed by atoms with Gasteiger partial charge in [0.2, 0.25) is 6.79 Å². The molecule has 0 spiro atoms. The molecule has 17 heavy (non-hydrogen) atoms. The molecule has 1 aromatic rings. The Morgan fingerprint density at radius 3 is 2.94 bits per heavy atom. The molecule has 1 heterocycles. The van der Waals surface area contributed by atoms with Crippen LogP contribution < -0.4 is 9.47 Å². The maximum absolute atomic E-state index is 10.8.